The second-order valence-electron chi connectivity index (χ2n) is 6.78. The third-order valence-electron chi connectivity index (χ3n) is 5.09. The summed E-state index contributed by atoms with van der Waals surface area (Å²) in [7, 11) is 0. The number of nitrogens with zero attached hydrogens (tertiary/aromatic N) is 1. The number of ketones is 2. The minimum absolute atomic E-state index is 0.197. The van der Waals surface area contributed by atoms with Gasteiger partial charge in [-0.3, -0.25) is 9.59 Å². The molecule has 6 nitrogen and oxygen atoms in total. The summed E-state index contributed by atoms with van der Waals surface area (Å²) in [6.07, 6.45) is 0.113. The number of fused-ring (bicyclic) bond motifs is 1. The maximum absolute atomic E-state index is 12.6. The second-order valence-corrected chi connectivity index (χ2v) is 6.78. The molecule has 1 amide bonds. The van der Waals surface area contributed by atoms with Crippen LogP contribution >= 0.6 is 0 Å². The van der Waals surface area contributed by atoms with Gasteiger partial charge in [0, 0.05) is 25.9 Å². The lowest BCUT2D eigenvalue weighted by molar-refractivity contribution is -0.135. The van der Waals surface area contributed by atoms with Crippen LogP contribution in [0.1, 0.15) is 28.8 Å². The summed E-state index contributed by atoms with van der Waals surface area (Å²) >= 11 is 0. The highest BCUT2D eigenvalue weighted by Crippen LogP contribution is 2.37. The monoisotopic (exact) mass is 365 g/mol. The Morgan fingerprint density at radius 3 is 2.41 bits per heavy atom. The van der Waals surface area contributed by atoms with Crippen molar-refractivity contribution >= 4 is 17.7 Å². The van der Waals surface area contributed by atoms with E-state index in [1.165, 1.54) is 0 Å². The number of hydrogen-bond donors (Lipinski definition) is 0. The van der Waals surface area contributed by atoms with Crippen LogP contribution in [0.4, 0.5) is 4.79 Å². The van der Waals surface area contributed by atoms with Gasteiger partial charge in [0.2, 0.25) is 11.6 Å². The minimum Gasteiger partial charge on any atom is -0.478 e. The molecule has 0 bridgehead atoms. The number of carbonyl (C=O) groups excluding carboxylic acids is 3. The molecule has 138 valence electrons. The molecule has 1 spiro atoms. The Labute approximate surface area is 156 Å². The van der Waals surface area contributed by atoms with Crippen LogP contribution in [0.2, 0.25) is 0 Å². The van der Waals surface area contributed by atoms with Gasteiger partial charge in [-0.1, -0.05) is 42.5 Å². The number of benzene rings is 2. The summed E-state index contributed by atoms with van der Waals surface area (Å²) in [4.78, 5) is 38.9. The quantitative estimate of drug-likeness (QED) is 0.765. The molecule has 0 radical (unpaired) electrons. The van der Waals surface area contributed by atoms with Crippen molar-refractivity contribution < 1.29 is 23.9 Å². The molecule has 2 aliphatic heterocycles. The van der Waals surface area contributed by atoms with Crippen molar-refractivity contribution in [3.63, 3.8) is 0 Å². The lowest BCUT2D eigenvalue weighted by atomic mass is 9.81. The summed E-state index contributed by atoms with van der Waals surface area (Å²) in [5.41, 5.74) is 0.0342. The molecule has 2 aromatic rings. The van der Waals surface area contributed by atoms with Gasteiger partial charge in [0.25, 0.3) is 0 Å². The van der Waals surface area contributed by atoms with E-state index in [2.05, 4.69) is 0 Å². The van der Waals surface area contributed by atoms with Gasteiger partial charge in [-0.25, -0.2) is 4.79 Å². The van der Waals surface area contributed by atoms with E-state index in [0.29, 0.717) is 24.4 Å². The average molecular weight is 365 g/mol. The highest BCUT2D eigenvalue weighted by atomic mass is 16.6. The van der Waals surface area contributed by atoms with Crippen LogP contribution in [0.3, 0.4) is 0 Å². The number of para-hydroxylation sites is 1. The van der Waals surface area contributed by atoms with Gasteiger partial charge in [-0.2, -0.15) is 0 Å². The summed E-state index contributed by atoms with van der Waals surface area (Å²) in [6, 6.07) is 16.2. The van der Waals surface area contributed by atoms with Gasteiger partial charge in [0.05, 0.1) is 5.56 Å². The van der Waals surface area contributed by atoms with Crippen molar-refractivity contribution in [2.45, 2.75) is 25.0 Å². The first kappa shape index (κ1) is 17.3. The highest BCUT2D eigenvalue weighted by molar-refractivity contribution is 6.47. The second kappa shape index (κ2) is 6.87. The molecule has 6 heteroatoms. The fourth-order valence-corrected chi connectivity index (χ4v) is 3.52. The van der Waals surface area contributed by atoms with Crippen molar-refractivity contribution in [3.05, 3.63) is 65.7 Å². The maximum atomic E-state index is 12.6. The van der Waals surface area contributed by atoms with Crippen molar-refractivity contribution in [1.29, 1.82) is 0 Å². The van der Waals surface area contributed by atoms with E-state index in [1.807, 2.05) is 30.3 Å². The first-order valence-corrected chi connectivity index (χ1v) is 8.92. The first-order chi connectivity index (χ1) is 13.1. The third-order valence-corrected chi connectivity index (χ3v) is 5.09. The van der Waals surface area contributed by atoms with Crippen molar-refractivity contribution in [3.8, 4) is 5.75 Å². The number of Topliss-reactive ketones (excluding diaryl/α,β-unsaturated/α-hetero) is 2. The highest BCUT2D eigenvalue weighted by Gasteiger charge is 2.51. The number of hydrogen-bond acceptors (Lipinski definition) is 5. The normalized spacial score (nSPS) is 18.0. The zero-order chi connectivity index (χ0) is 18.9. The molecule has 1 fully saturated rings. The van der Waals surface area contributed by atoms with E-state index in [4.69, 9.17) is 9.47 Å². The molecule has 0 atom stereocenters. The standard InChI is InChI=1S/C21H19NO5/c23-18-16-8-4-5-9-17(16)27-21(19(18)24)10-12-22(13-11-21)20(25)26-14-15-6-2-1-3-7-15/h1-9H,10-14H2. The van der Waals surface area contributed by atoms with Gasteiger partial charge < -0.3 is 14.4 Å². The molecule has 27 heavy (non-hydrogen) atoms. The molecule has 2 aromatic carbocycles. The van der Waals surface area contributed by atoms with Crippen LogP contribution in [0, 0.1) is 0 Å². The van der Waals surface area contributed by atoms with Crippen LogP contribution in [0.15, 0.2) is 54.6 Å². The van der Waals surface area contributed by atoms with E-state index in [0.717, 1.165) is 5.56 Å². The van der Waals surface area contributed by atoms with Gasteiger partial charge >= 0.3 is 6.09 Å². The van der Waals surface area contributed by atoms with E-state index in [1.54, 1.807) is 29.2 Å². The van der Waals surface area contributed by atoms with Gasteiger partial charge in [0.1, 0.15) is 12.4 Å². The summed E-state index contributed by atoms with van der Waals surface area (Å²) in [6.45, 7) is 0.798. The number of likely N-dealkylation sites (tertiary alicyclic amines) is 1. The Balaban J connectivity index is 1.40. The van der Waals surface area contributed by atoms with Crippen LogP contribution in [-0.2, 0) is 16.1 Å². The van der Waals surface area contributed by atoms with Crippen LogP contribution in [0.5, 0.6) is 5.75 Å². The lowest BCUT2D eigenvalue weighted by Crippen LogP contribution is -2.58. The molecule has 1 saturated heterocycles. The number of carbonyl (C=O) groups is 3. The molecule has 0 N–H and O–H groups in total. The van der Waals surface area contributed by atoms with Gasteiger partial charge in [-0.15, -0.1) is 0 Å². The van der Waals surface area contributed by atoms with E-state index in [-0.39, 0.29) is 19.4 Å². The zero-order valence-corrected chi connectivity index (χ0v) is 14.7. The Kier molecular flexibility index (Phi) is 4.39. The molecular formula is C21H19NO5. The van der Waals surface area contributed by atoms with Crippen molar-refractivity contribution in [2.24, 2.45) is 0 Å². The molecule has 2 heterocycles. The van der Waals surface area contributed by atoms with Crippen molar-refractivity contribution in [2.75, 3.05) is 13.1 Å². The first-order valence-electron chi connectivity index (χ1n) is 8.92. The Morgan fingerprint density at radius 2 is 1.67 bits per heavy atom. The van der Waals surface area contributed by atoms with E-state index in [9.17, 15) is 14.4 Å². The number of amides is 1. The molecular weight excluding hydrogens is 346 g/mol. The molecule has 0 unspecified atom stereocenters. The maximum Gasteiger partial charge on any atom is 0.410 e. The number of piperidine rings is 1. The fraction of sp³-hybridized carbons (Fsp3) is 0.286. The topological polar surface area (TPSA) is 72.9 Å². The summed E-state index contributed by atoms with van der Waals surface area (Å²) < 4.78 is 11.3. The van der Waals surface area contributed by atoms with Crippen LogP contribution in [0.25, 0.3) is 0 Å². The Morgan fingerprint density at radius 1 is 1.00 bits per heavy atom. The van der Waals surface area contributed by atoms with Gasteiger partial charge in [0.15, 0.2) is 5.60 Å². The summed E-state index contributed by atoms with van der Waals surface area (Å²) in [5, 5.41) is 0. The Hall–Kier alpha value is -3.15. The predicted octanol–water partition coefficient (Wildman–Crippen LogP) is 3.00. The van der Waals surface area contributed by atoms with E-state index < -0.39 is 23.3 Å². The smallest absolute Gasteiger partial charge is 0.410 e. The lowest BCUT2D eigenvalue weighted by Gasteiger charge is -2.42. The largest absolute Gasteiger partial charge is 0.478 e. The van der Waals surface area contributed by atoms with E-state index >= 15 is 0 Å². The Bertz CT molecular complexity index is 884. The third kappa shape index (κ3) is 3.18. The SMILES string of the molecule is O=C1C(=O)C2(CCN(C(=O)OCc3ccccc3)CC2)Oc2ccccc21. The molecule has 4 rings (SSSR count). The van der Waals surface area contributed by atoms with Gasteiger partial charge in [-0.05, 0) is 17.7 Å². The predicted molar refractivity (Wildman–Crippen MR) is 96.6 cm³/mol. The average Bonchev–Trinajstić information content (AvgIpc) is 2.72. The number of rotatable bonds is 2. The fourth-order valence-electron chi connectivity index (χ4n) is 3.52. The number of ether oxygens (including phenoxy) is 2. The van der Waals surface area contributed by atoms with Crippen molar-refractivity contribution in [1.82, 2.24) is 4.90 Å². The van der Waals surface area contributed by atoms with Crippen LogP contribution in [-0.4, -0.2) is 41.3 Å². The zero-order valence-electron chi connectivity index (χ0n) is 14.7. The minimum atomic E-state index is -1.18. The molecule has 0 saturated carbocycles. The molecule has 2 aliphatic rings. The molecule has 0 aliphatic carbocycles. The summed E-state index contributed by atoms with van der Waals surface area (Å²) in [5.74, 6) is -0.613. The van der Waals surface area contributed by atoms with Crippen LogP contribution < -0.4 is 4.74 Å². The molecule has 0 aromatic heterocycles.